The molecule has 2 saturated heterocycles. The second kappa shape index (κ2) is 10.3. The Hall–Kier alpha value is -1.81. The molecule has 9 nitrogen and oxygen atoms in total. The van der Waals surface area contributed by atoms with E-state index < -0.39 is 6.10 Å². The van der Waals surface area contributed by atoms with Gasteiger partial charge in [-0.3, -0.25) is 4.90 Å². The Morgan fingerprint density at radius 1 is 1.21 bits per heavy atom. The average Bonchev–Trinajstić information content (AvgIpc) is 3.29. The van der Waals surface area contributed by atoms with Gasteiger partial charge in [0.15, 0.2) is 11.7 Å². The molecule has 0 aromatic carbocycles. The highest BCUT2D eigenvalue weighted by atomic mass is 16.5. The minimum Gasteiger partial charge on any atom is -0.479 e. The molecular weight excluding hydrogens is 374 g/mol. The Bertz CT molecular complexity index is 778. The number of nitrogens with zero attached hydrogens (tertiary/aromatic N) is 5. The molecule has 29 heavy (non-hydrogen) atoms. The van der Waals surface area contributed by atoms with Crippen LogP contribution in [0.15, 0.2) is 6.33 Å². The molecule has 2 N–H and O–H groups in total. The van der Waals surface area contributed by atoms with Crippen LogP contribution in [0.1, 0.15) is 51.5 Å². The predicted octanol–water partition coefficient (Wildman–Crippen LogP) is 1.74. The fourth-order valence-corrected chi connectivity index (χ4v) is 3.85. The first-order valence-electron chi connectivity index (χ1n) is 10.5. The predicted molar refractivity (Wildman–Crippen MR) is 109 cm³/mol. The molecule has 4 heterocycles. The van der Waals surface area contributed by atoms with E-state index in [2.05, 4.69) is 28.7 Å². The Balaban J connectivity index is 0.000000755. The van der Waals surface area contributed by atoms with E-state index in [1.54, 1.807) is 7.11 Å². The molecule has 0 saturated carbocycles. The third kappa shape index (κ3) is 4.85. The molecule has 2 aromatic heterocycles. The number of hydrogen-bond donors (Lipinski definition) is 2. The van der Waals surface area contributed by atoms with Crippen LogP contribution in [-0.2, 0) is 11.3 Å². The van der Waals surface area contributed by atoms with Crippen molar-refractivity contribution in [3.8, 4) is 5.88 Å². The Labute approximate surface area is 171 Å². The highest BCUT2D eigenvalue weighted by Crippen LogP contribution is 2.31. The van der Waals surface area contributed by atoms with E-state index in [0.29, 0.717) is 31.0 Å². The molecule has 0 aliphatic carbocycles. The van der Waals surface area contributed by atoms with Crippen LogP contribution in [0.4, 0.5) is 0 Å². The number of aliphatic hydroxyl groups excluding tert-OH is 2. The van der Waals surface area contributed by atoms with Gasteiger partial charge >= 0.3 is 0 Å². The van der Waals surface area contributed by atoms with Crippen LogP contribution in [0, 0.1) is 5.92 Å². The SMILES string of the molecule is CCC.COc1ncnc2c(CN3CC(O)C(CO)C3)n(C3CCCCO3)nc12. The van der Waals surface area contributed by atoms with Crippen molar-refractivity contribution in [1.29, 1.82) is 0 Å². The van der Waals surface area contributed by atoms with Crippen LogP contribution < -0.4 is 4.74 Å². The molecule has 0 bridgehead atoms. The number of hydrogen-bond acceptors (Lipinski definition) is 8. The topological polar surface area (TPSA) is 106 Å². The minimum atomic E-state index is -0.516. The summed E-state index contributed by atoms with van der Waals surface area (Å²) in [5.41, 5.74) is 2.30. The molecule has 4 rings (SSSR count). The monoisotopic (exact) mass is 407 g/mol. The van der Waals surface area contributed by atoms with E-state index in [0.717, 1.165) is 37.1 Å². The molecule has 2 aromatic rings. The van der Waals surface area contributed by atoms with Crippen molar-refractivity contribution < 1.29 is 19.7 Å². The molecular formula is C20H33N5O4. The fraction of sp³-hybridized carbons (Fsp3) is 0.750. The van der Waals surface area contributed by atoms with Crippen LogP contribution in [0.25, 0.3) is 11.0 Å². The Morgan fingerprint density at radius 3 is 2.62 bits per heavy atom. The van der Waals surface area contributed by atoms with Gasteiger partial charge in [-0.1, -0.05) is 20.3 Å². The lowest BCUT2D eigenvalue weighted by atomic mass is 10.1. The van der Waals surface area contributed by atoms with Crippen molar-refractivity contribution in [2.45, 2.75) is 58.4 Å². The minimum absolute atomic E-state index is 0.0145. The molecule has 2 fully saturated rings. The van der Waals surface area contributed by atoms with E-state index in [9.17, 15) is 10.2 Å². The zero-order valence-electron chi connectivity index (χ0n) is 17.6. The van der Waals surface area contributed by atoms with Gasteiger partial charge in [-0.15, -0.1) is 0 Å². The number of fused-ring (bicyclic) bond motifs is 1. The number of methoxy groups -OCH3 is 1. The number of β-amino-alcohol motifs (C(OH)–C–C–N with tert-alkyl or cyclic N) is 1. The number of ether oxygens (including phenoxy) is 2. The van der Waals surface area contributed by atoms with Crippen molar-refractivity contribution in [2.24, 2.45) is 5.92 Å². The number of aromatic nitrogens is 4. The van der Waals surface area contributed by atoms with Crippen LogP contribution in [0.5, 0.6) is 5.88 Å². The summed E-state index contributed by atoms with van der Waals surface area (Å²) in [5.74, 6) is 0.327. The molecule has 0 spiro atoms. The maximum Gasteiger partial charge on any atom is 0.245 e. The third-order valence-electron chi connectivity index (χ3n) is 5.26. The largest absolute Gasteiger partial charge is 0.479 e. The average molecular weight is 408 g/mol. The maximum atomic E-state index is 10.1. The van der Waals surface area contributed by atoms with Crippen molar-refractivity contribution in [3.05, 3.63) is 12.0 Å². The molecule has 9 heteroatoms. The van der Waals surface area contributed by atoms with E-state index >= 15 is 0 Å². The summed E-state index contributed by atoms with van der Waals surface area (Å²) in [6, 6.07) is 0. The standard InChI is InChI=1S/C17H25N5O4.C3H8/c1-25-17-16-15(18-10-19-17)12(7-21-6-11(9-23)13(24)8-21)22(20-16)14-4-2-3-5-26-14;1-3-2/h10-11,13-14,23-24H,2-9H2,1H3;3H2,1-2H3. The molecule has 0 radical (unpaired) electrons. The zero-order chi connectivity index (χ0) is 20.8. The highest BCUT2D eigenvalue weighted by Gasteiger charge is 2.33. The number of rotatable bonds is 5. The van der Waals surface area contributed by atoms with E-state index in [-0.39, 0.29) is 18.8 Å². The Morgan fingerprint density at radius 2 is 2.00 bits per heavy atom. The lowest BCUT2D eigenvalue weighted by molar-refractivity contribution is -0.0415. The van der Waals surface area contributed by atoms with Gasteiger partial charge in [0.05, 0.1) is 18.9 Å². The molecule has 162 valence electrons. The van der Waals surface area contributed by atoms with Crippen LogP contribution in [0.2, 0.25) is 0 Å². The maximum absolute atomic E-state index is 10.1. The smallest absolute Gasteiger partial charge is 0.245 e. The van der Waals surface area contributed by atoms with Crippen molar-refractivity contribution >= 4 is 11.0 Å². The second-order valence-corrected chi connectivity index (χ2v) is 7.70. The molecule has 3 atom stereocenters. The number of aliphatic hydroxyl groups is 2. The van der Waals surface area contributed by atoms with Crippen LogP contribution in [0.3, 0.4) is 0 Å². The van der Waals surface area contributed by atoms with Gasteiger partial charge < -0.3 is 19.7 Å². The normalized spacial score (nSPS) is 25.1. The molecule has 2 aliphatic rings. The van der Waals surface area contributed by atoms with Crippen LogP contribution >= 0.6 is 0 Å². The van der Waals surface area contributed by atoms with E-state index in [4.69, 9.17) is 14.6 Å². The summed E-state index contributed by atoms with van der Waals surface area (Å²) in [6.45, 7) is 6.69. The second-order valence-electron chi connectivity index (χ2n) is 7.70. The van der Waals surface area contributed by atoms with Gasteiger partial charge in [-0.25, -0.2) is 9.67 Å². The lowest BCUT2D eigenvalue weighted by Gasteiger charge is -2.25. The molecule has 2 aliphatic heterocycles. The molecule has 3 unspecified atom stereocenters. The van der Waals surface area contributed by atoms with E-state index in [1.807, 2.05) is 4.68 Å². The van der Waals surface area contributed by atoms with Gasteiger partial charge in [0, 0.05) is 38.8 Å². The first kappa shape index (κ1) is 21.9. The third-order valence-corrected chi connectivity index (χ3v) is 5.26. The first-order chi connectivity index (χ1) is 14.1. The summed E-state index contributed by atoms with van der Waals surface area (Å²) in [7, 11) is 1.57. The summed E-state index contributed by atoms with van der Waals surface area (Å²) >= 11 is 0. The zero-order valence-corrected chi connectivity index (χ0v) is 17.6. The summed E-state index contributed by atoms with van der Waals surface area (Å²) < 4.78 is 13.2. The van der Waals surface area contributed by atoms with Crippen LogP contribution in [-0.4, -0.2) is 74.4 Å². The van der Waals surface area contributed by atoms with Gasteiger partial charge in [-0.05, 0) is 19.3 Å². The summed E-state index contributed by atoms with van der Waals surface area (Å²) in [6.07, 6.45) is 5.15. The Kier molecular flexibility index (Phi) is 7.77. The lowest BCUT2D eigenvalue weighted by Crippen LogP contribution is -2.26. The summed E-state index contributed by atoms with van der Waals surface area (Å²) in [5, 5.41) is 24.2. The van der Waals surface area contributed by atoms with Gasteiger partial charge in [0.1, 0.15) is 11.8 Å². The molecule has 0 amide bonds. The van der Waals surface area contributed by atoms with Gasteiger partial charge in [0.2, 0.25) is 5.88 Å². The number of likely N-dealkylation sites (tertiary alicyclic amines) is 1. The van der Waals surface area contributed by atoms with E-state index in [1.165, 1.54) is 12.7 Å². The van der Waals surface area contributed by atoms with Gasteiger partial charge in [0.25, 0.3) is 0 Å². The van der Waals surface area contributed by atoms with Crippen molar-refractivity contribution in [2.75, 3.05) is 33.4 Å². The highest BCUT2D eigenvalue weighted by molar-refractivity contribution is 5.81. The van der Waals surface area contributed by atoms with Gasteiger partial charge in [-0.2, -0.15) is 10.1 Å². The summed E-state index contributed by atoms with van der Waals surface area (Å²) in [4.78, 5) is 10.7. The quantitative estimate of drug-likeness (QED) is 0.772. The van der Waals surface area contributed by atoms with Crippen molar-refractivity contribution in [1.82, 2.24) is 24.6 Å². The fourth-order valence-electron chi connectivity index (χ4n) is 3.85. The van der Waals surface area contributed by atoms with Crippen molar-refractivity contribution in [3.63, 3.8) is 0 Å². The first-order valence-corrected chi connectivity index (χ1v) is 10.5.